The molecular weight excluding hydrogens is 368 g/mol. The molecule has 26 heavy (non-hydrogen) atoms. The average Bonchev–Trinajstić information content (AvgIpc) is 2.54. The van der Waals surface area contributed by atoms with Crippen molar-refractivity contribution in [3.8, 4) is 0 Å². The van der Waals surface area contributed by atoms with Crippen molar-refractivity contribution in [1.29, 1.82) is 0 Å². The van der Waals surface area contributed by atoms with Crippen molar-refractivity contribution in [1.82, 2.24) is 0 Å². The Balaban J connectivity index is 5.33. The van der Waals surface area contributed by atoms with Crippen LogP contribution in [0.4, 0.5) is 0 Å². The Morgan fingerprint density at radius 2 is 0.962 bits per heavy atom. The number of nitrogens with zero attached hydrogens (tertiary/aromatic N) is 4. The molecule has 0 aromatic carbocycles. The lowest BCUT2D eigenvalue weighted by Gasteiger charge is -2.14. The first kappa shape index (κ1) is 22.3. The van der Waals surface area contributed by atoms with Gasteiger partial charge in [0.15, 0.2) is 0 Å². The SMILES string of the molecule is CCC(OC(=O)C=CC(=O)OC(CC)([N+](=O)[O-])[N+](=O)[O-])([N+](=O)[O-])[N+](=O)[O-]. The van der Waals surface area contributed by atoms with Gasteiger partial charge in [-0.2, -0.15) is 0 Å². The van der Waals surface area contributed by atoms with Crippen LogP contribution in [0.15, 0.2) is 12.2 Å². The lowest BCUT2D eigenvalue weighted by molar-refractivity contribution is -0.844. The van der Waals surface area contributed by atoms with E-state index in [1.807, 2.05) is 0 Å². The average molecular weight is 380 g/mol. The third-order valence-corrected chi connectivity index (χ3v) is 2.95. The molecule has 0 aliphatic rings. The molecule has 16 nitrogen and oxygen atoms in total. The van der Waals surface area contributed by atoms with Gasteiger partial charge in [-0.05, 0) is 13.8 Å². The minimum Gasteiger partial charge on any atom is -0.333 e. The monoisotopic (exact) mass is 380 g/mol. The largest absolute Gasteiger partial charge is 0.621 e. The number of hydrogen-bond acceptors (Lipinski definition) is 12. The number of hydrogen-bond donors (Lipinski definition) is 0. The fraction of sp³-hybridized carbons (Fsp3) is 0.600. The van der Waals surface area contributed by atoms with E-state index in [-0.39, 0.29) is 12.2 Å². The van der Waals surface area contributed by atoms with E-state index in [0.29, 0.717) is 0 Å². The van der Waals surface area contributed by atoms with Crippen LogP contribution >= 0.6 is 0 Å². The van der Waals surface area contributed by atoms with Crippen LogP contribution in [0.5, 0.6) is 0 Å². The van der Waals surface area contributed by atoms with Crippen LogP contribution < -0.4 is 0 Å². The van der Waals surface area contributed by atoms with Gasteiger partial charge in [-0.15, -0.1) is 0 Å². The third kappa shape index (κ3) is 4.42. The van der Waals surface area contributed by atoms with Crippen LogP contribution in [0.2, 0.25) is 0 Å². The summed E-state index contributed by atoms with van der Waals surface area (Å²) in [6, 6.07) is 0. The molecule has 0 atom stereocenters. The fourth-order valence-corrected chi connectivity index (χ4v) is 1.47. The second-order valence-electron chi connectivity index (χ2n) is 4.40. The molecule has 0 fully saturated rings. The van der Waals surface area contributed by atoms with E-state index < -0.39 is 56.2 Å². The zero-order chi connectivity index (χ0) is 20.7. The quantitative estimate of drug-likeness (QED) is 0.159. The highest BCUT2D eigenvalue weighted by atomic mass is 16.8. The predicted molar refractivity (Wildman–Crippen MR) is 75.3 cm³/mol. The molecule has 0 aliphatic heterocycles. The smallest absolute Gasteiger partial charge is 0.333 e. The lowest BCUT2D eigenvalue weighted by atomic mass is 10.3. The standard InChI is InChI=1S/C10H12N4O12/c1-3-9(11(17)18,12(19)20)25-7(15)5-6-8(16)26-10(4-2,13(21)22)14(23)24/h5-6H,3-4H2,1-2H3. The van der Waals surface area contributed by atoms with Gasteiger partial charge >= 0.3 is 23.6 Å². The van der Waals surface area contributed by atoms with Crippen molar-refractivity contribution >= 4 is 11.9 Å². The van der Waals surface area contributed by atoms with Gasteiger partial charge in [0.05, 0.1) is 0 Å². The van der Waals surface area contributed by atoms with Gasteiger partial charge in [-0.25, -0.2) is 9.59 Å². The number of carbonyl (C=O) groups is 2. The topological polar surface area (TPSA) is 225 Å². The Hall–Kier alpha value is -3.72. The normalized spacial score (nSPS) is 11.6. The molecule has 0 unspecified atom stereocenters. The van der Waals surface area contributed by atoms with E-state index in [1.54, 1.807) is 0 Å². The van der Waals surface area contributed by atoms with Crippen LogP contribution in [0.3, 0.4) is 0 Å². The first-order chi connectivity index (χ1) is 11.9. The third-order valence-electron chi connectivity index (χ3n) is 2.95. The van der Waals surface area contributed by atoms with E-state index in [0.717, 1.165) is 13.8 Å². The molecule has 0 bridgehead atoms. The highest BCUT2D eigenvalue weighted by molar-refractivity contribution is 5.91. The maximum absolute atomic E-state index is 11.4. The molecule has 144 valence electrons. The Labute approximate surface area is 142 Å². The minimum absolute atomic E-state index is 0.139. The number of nitro groups is 4. The first-order valence-corrected chi connectivity index (χ1v) is 6.61. The molecule has 0 aliphatic carbocycles. The molecule has 0 amide bonds. The van der Waals surface area contributed by atoms with Gasteiger partial charge in [0.25, 0.3) is 0 Å². The summed E-state index contributed by atoms with van der Waals surface area (Å²) in [6.07, 6.45) is -1.42. The van der Waals surface area contributed by atoms with Gasteiger partial charge in [0.2, 0.25) is 0 Å². The van der Waals surface area contributed by atoms with Gasteiger partial charge in [0.1, 0.15) is 32.5 Å². The fourth-order valence-electron chi connectivity index (χ4n) is 1.47. The van der Waals surface area contributed by atoms with Crippen molar-refractivity contribution in [3.05, 3.63) is 52.6 Å². The van der Waals surface area contributed by atoms with Crippen LogP contribution in [-0.2, 0) is 19.1 Å². The molecule has 0 radical (unpaired) electrons. The molecule has 0 N–H and O–H groups in total. The van der Waals surface area contributed by atoms with Crippen molar-refractivity contribution in [2.45, 2.75) is 38.4 Å². The van der Waals surface area contributed by atoms with Crippen LogP contribution in [0.25, 0.3) is 0 Å². The zero-order valence-electron chi connectivity index (χ0n) is 13.3. The first-order valence-electron chi connectivity index (χ1n) is 6.61. The van der Waals surface area contributed by atoms with E-state index in [1.165, 1.54) is 0 Å². The lowest BCUT2D eigenvalue weighted by Crippen LogP contribution is -2.49. The molecular formula is C10H12N4O12. The van der Waals surface area contributed by atoms with Crippen LogP contribution in [-0.4, -0.2) is 43.3 Å². The van der Waals surface area contributed by atoms with E-state index in [4.69, 9.17) is 0 Å². The summed E-state index contributed by atoms with van der Waals surface area (Å²) in [5.74, 6) is -10.1. The van der Waals surface area contributed by atoms with Gasteiger partial charge in [-0.3, -0.25) is 40.5 Å². The van der Waals surface area contributed by atoms with Crippen molar-refractivity contribution in [3.63, 3.8) is 0 Å². The Morgan fingerprint density at radius 1 is 0.731 bits per heavy atom. The highest BCUT2D eigenvalue weighted by Gasteiger charge is 2.60. The van der Waals surface area contributed by atoms with Gasteiger partial charge < -0.3 is 9.47 Å². The summed E-state index contributed by atoms with van der Waals surface area (Å²) in [5.41, 5.74) is 0. The molecule has 0 rings (SSSR count). The molecule has 0 heterocycles. The Bertz CT molecular complexity index is 587. The Morgan fingerprint density at radius 3 is 1.12 bits per heavy atom. The van der Waals surface area contributed by atoms with E-state index >= 15 is 0 Å². The van der Waals surface area contributed by atoms with Crippen LogP contribution in [0, 0.1) is 40.5 Å². The number of ether oxygens (including phenoxy) is 2. The summed E-state index contributed by atoms with van der Waals surface area (Å²) in [4.78, 5) is 60.0. The summed E-state index contributed by atoms with van der Waals surface area (Å²) in [6.45, 7) is 1.97. The zero-order valence-corrected chi connectivity index (χ0v) is 13.3. The van der Waals surface area contributed by atoms with Crippen LogP contribution in [0.1, 0.15) is 26.7 Å². The van der Waals surface area contributed by atoms with Gasteiger partial charge in [-0.1, -0.05) is 0 Å². The van der Waals surface area contributed by atoms with E-state index in [9.17, 15) is 50.0 Å². The summed E-state index contributed by atoms with van der Waals surface area (Å²) in [7, 11) is 0. The minimum atomic E-state index is -3.31. The van der Waals surface area contributed by atoms with E-state index in [2.05, 4.69) is 9.47 Å². The molecule has 0 spiro atoms. The molecule has 0 saturated heterocycles. The second-order valence-corrected chi connectivity index (χ2v) is 4.40. The maximum Gasteiger partial charge on any atom is 0.621 e. The molecule has 16 heteroatoms. The molecule has 0 aromatic rings. The summed E-state index contributed by atoms with van der Waals surface area (Å²) >= 11 is 0. The van der Waals surface area contributed by atoms with Crippen molar-refractivity contribution in [2.24, 2.45) is 0 Å². The summed E-state index contributed by atoms with van der Waals surface area (Å²) < 4.78 is 8.23. The second kappa shape index (κ2) is 8.40. The Kier molecular flexibility index (Phi) is 7.20. The maximum atomic E-state index is 11.4. The predicted octanol–water partition coefficient (Wildman–Crippen LogP) is -0.137. The van der Waals surface area contributed by atoms with Crippen molar-refractivity contribution < 1.29 is 38.8 Å². The number of rotatable bonds is 10. The summed E-state index contributed by atoms with van der Waals surface area (Å²) in [5, 5.41) is 43.1. The number of esters is 2. The number of carbonyl (C=O) groups excluding carboxylic acids is 2. The molecule has 0 saturated carbocycles. The van der Waals surface area contributed by atoms with Gasteiger partial charge in [0, 0.05) is 12.2 Å². The van der Waals surface area contributed by atoms with Crippen molar-refractivity contribution in [2.75, 3.05) is 0 Å². The highest BCUT2D eigenvalue weighted by Crippen LogP contribution is 2.19. The molecule has 0 aromatic heterocycles.